The van der Waals surface area contributed by atoms with Crippen molar-refractivity contribution >= 4 is 33.4 Å². The van der Waals surface area contributed by atoms with Crippen molar-refractivity contribution in [2.75, 3.05) is 11.9 Å². The fourth-order valence-electron chi connectivity index (χ4n) is 3.84. The van der Waals surface area contributed by atoms with Crippen molar-refractivity contribution in [3.63, 3.8) is 0 Å². The second-order valence-electron chi connectivity index (χ2n) is 7.48. The van der Waals surface area contributed by atoms with Crippen LogP contribution < -0.4 is 5.32 Å². The monoisotopic (exact) mass is 454 g/mol. The Kier molecular flexibility index (Phi) is 4.45. The number of fused-ring (bicyclic) bond motifs is 2. The first-order valence-electron chi connectivity index (χ1n) is 9.56. The van der Waals surface area contributed by atoms with E-state index in [0.29, 0.717) is 11.3 Å². The van der Waals surface area contributed by atoms with Crippen LogP contribution in [0.5, 0.6) is 0 Å². The highest BCUT2D eigenvalue weighted by molar-refractivity contribution is 7.90. The van der Waals surface area contributed by atoms with E-state index in [1.165, 1.54) is 41.1 Å². The van der Waals surface area contributed by atoms with Crippen LogP contribution in [0.1, 0.15) is 32.0 Å². The molecular weight excluding hydrogens is 439 g/mol. The van der Waals surface area contributed by atoms with Gasteiger partial charge in [0, 0.05) is 5.56 Å². The maximum Gasteiger partial charge on any atom is 0.262 e. The lowest BCUT2D eigenvalue weighted by Gasteiger charge is -2.15. The number of hydrogen-bond donors (Lipinski definition) is 1. The van der Waals surface area contributed by atoms with Crippen molar-refractivity contribution in [1.29, 1.82) is 0 Å². The van der Waals surface area contributed by atoms with Crippen LogP contribution in [-0.4, -0.2) is 47.4 Å². The van der Waals surface area contributed by atoms with E-state index in [1.54, 1.807) is 12.1 Å². The molecule has 162 valence electrons. The summed E-state index contributed by atoms with van der Waals surface area (Å²) in [6, 6.07) is 11.6. The number of benzene rings is 2. The van der Waals surface area contributed by atoms with Gasteiger partial charge in [-0.05, 0) is 36.4 Å². The third-order valence-corrected chi connectivity index (χ3v) is 6.74. The van der Waals surface area contributed by atoms with E-state index in [-0.39, 0.29) is 34.1 Å². The first kappa shape index (κ1) is 20.1. The molecule has 2 aromatic carbocycles. The topological polar surface area (TPSA) is 118 Å². The van der Waals surface area contributed by atoms with E-state index in [4.69, 9.17) is 0 Å². The number of rotatable bonds is 4. The zero-order chi connectivity index (χ0) is 22.6. The van der Waals surface area contributed by atoms with Gasteiger partial charge in [0.15, 0.2) is 9.84 Å². The minimum absolute atomic E-state index is 0.106. The average molecular weight is 454 g/mol. The standard InChI is InChI=1S/C21H15FN4O5S/c22-12-5-7-13(8-6-12)26-19(16-10-32(30,31)11-17(16)24-26)23-18(27)9-25-20(28)14-3-1-2-4-15(14)21(25)29/h1-8H,9-11H2,(H,23,27). The normalized spacial score (nSPS) is 16.2. The molecule has 2 aliphatic heterocycles. The number of sulfone groups is 1. The summed E-state index contributed by atoms with van der Waals surface area (Å²) in [5.41, 5.74) is 1.45. The van der Waals surface area contributed by atoms with E-state index < -0.39 is 39.9 Å². The number of hydrogen-bond acceptors (Lipinski definition) is 6. The molecule has 0 atom stereocenters. The van der Waals surface area contributed by atoms with Gasteiger partial charge in [-0.3, -0.25) is 19.3 Å². The molecule has 11 heteroatoms. The zero-order valence-corrected chi connectivity index (χ0v) is 17.2. The van der Waals surface area contributed by atoms with Crippen LogP contribution >= 0.6 is 0 Å². The second-order valence-corrected chi connectivity index (χ2v) is 9.55. The molecule has 1 aromatic heterocycles. The van der Waals surface area contributed by atoms with Gasteiger partial charge in [0.1, 0.15) is 18.2 Å². The van der Waals surface area contributed by atoms with Crippen molar-refractivity contribution in [2.24, 2.45) is 0 Å². The molecule has 0 saturated carbocycles. The molecule has 0 spiro atoms. The Labute approximate surface area is 181 Å². The van der Waals surface area contributed by atoms with E-state index >= 15 is 0 Å². The summed E-state index contributed by atoms with van der Waals surface area (Å²) in [4.78, 5) is 38.7. The summed E-state index contributed by atoms with van der Waals surface area (Å²) in [7, 11) is -3.41. The lowest BCUT2D eigenvalue weighted by atomic mass is 10.1. The molecule has 0 aliphatic carbocycles. The first-order chi connectivity index (χ1) is 15.2. The van der Waals surface area contributed by atoms with Crippen molar-refractivity contribution < 1.29 is 27.2 Å². The molecule has 0 radical (unpaired) electrons. The van der Waals surface area contributed by atoms with E-state index in [1.807, 2.05) is 0 Å². The maximum atomic E-state index is 13.3. The lowest BCUT2D eigenvalue weighted by Crippen LogP contribution is -2.37. The zero-order valence-electron chi connectivity index (χ0n) is 16.4. The summed E-state index contributed by atoms with van der Waals surface area (Å²) in [5.74, 6) is -2.82. The highest BCUT2D eigenvalue weighted by Crippen LogP contribution is 2.33. The molecule has 3 amide bonds. The predicted octanol–water partition coefficient (Wildman–Crippen LogP) is 1.67. The molecule has 9 nitrogen and oxygen atoms in total. The Hall–Kier alpha value is -3.86. The number of nitrogens with zero attached hydrogens (tertiary/aromatic N) is 3. The summed E-state index contributed by atoms with van der Waals surface area (Å²) >= 11 is 0. The summed E-state index contributed by atoms with van der Waals surface area (Å²) < 4.78 is 38.8. The summed E-state index contributed by atoms with van der Waals surface area (Å²) in [6.45, 7) is -0.553. The van der Waals surface area contributed by atoms with Gasteiger partial charge in [0.2, 0.25) is 5.91 Å². The van der Waals surface area contributed by atoms with Gasteiger partial charge in [0.05, 0.1) is 34.0 Å². The van der Waals surface area contributed by atoms with Crippen LogP contribution in [0.25, 0.3) is 5.69 Å². The molecule has 1 N–H and O–H groups in total. The van der Waals surface area contributed by atoms with Crippen molar-refractivity contribution in [1.82, 2.24) is 14.7 Å². The van der Waals surface area contributed by atoms with Crippen LogP contribution in [0.3, 0.4) is 0 Å². The molecule has 32 heavy (non-hydrogen) atoms. The maximum absolute atomic E-state index is 13.3. The fraction of sp³-hybridized carbons (Fsp3) is 0.143. The largest absolute Gasteiger partial charge is 0.309 e. The highest BCUT2D eigenvalue weighted by atomic mass is 32.2. The molecule has 5 rings (SSSR count). The molecule has 3 aromatic rings. The Balaban J connectivity index is 1.45. The quantitative estimate of drug-likeness (QED) is 0.599. The number of aromatic nitrogens is 2. The first-order valence-corrected chi connectivity index (χ1v) is 11.4. The van der Waals surface area contributed by atoms with Crippen molar-refractivity contribution in [3.05, 3.63) is 76.7 Å². The third-order valence-electron chi connectivity index (χ3n) is 5.30. The van der Waals surface area contributed by atoms with E-state index in [9.17, 15) is 27.2 Å². The molecule has 0 unspecified atom stereocenters. The third kappa shape index (κ3) is 3.26. The average Bonchev–Trinajstić information content (AvgIpc) is 3.31. The molecule has 0 bridgehead atoms. The smallest absolute Gasteiger partial charge is 0.262 e. The van der Waals surface area contributed by atoms with Crippen LogP contribution in [0.15, 0.2) is 48.5 Å². The van der Waals surface area contributed by atoms with Crippen molar-refractivity contribution in [3.8, 4) is 5.69 Å². The molecular formula is C21H15FN4O5S. The Morgan fingerprint density at radius 2 is 1.62 bits per heavy atom. The highest BCUT2D eigenvalue weighted by Gasteiger charge is 2.37. The molecule has 3 heterocycles. The van der Waals surface area contributed by atoms with Crippen molar-refractivity contribution in [2.45, 2.75) is 11.5 Å². The fourth-order valence-corrected chi connectivity index (χ4v) is 5.33. The predicted molar refractivity (Wildman–Crippen MR) is 110 cm³/mol. The summed E-state index contributed by atoms with van der Waals surface area (Å²) in [6.07, 6.45) is 0. The van der Waals surface area contributed by atoms with Crippen LogP contribution in [0.2, 0.25) is 0 Å². The number of amides is 3. The minimum Gasteiger partial charge on any atom is -0.309 e. The number of imide groups is 1. The van der Waals surface area contributed by atoms with Crippen LogP contribution in [0.4, 0.5) is 10.2 Å². The molecule has 0 fully saturated rings. The van der Waals surface area contributed by atoms with E-state index in [2.05, 4.69) is 10.4 Å². The molecule has 0 saturated heterocycles. The van der Waals surface area contributed by atoms with Gasteiger partial charge in [-0.25, -0.2) is 17.5 Å². The second kappa shape index (κ2) is 7.09. The van der Waals surface area contributed by atoms with Gasteiger partial charge in [-0.15, -0.1) is 0 Å². The Morgan fingerprint density at radius 1 is 1.00 bits per heavy atom. The molecule has 2 aliphatic rings. The van der Waals surface area contributed by atoms with Crippen LogP contribution in [-0.2, 0) is 26.1 Å². The van der Waals surface area contributed by atoms with Gasteiger partial charge in [-0.1, -0.05) is 12.1 Å². The van der Waals surface area contributed by atoms with Gasteiger partial charge >= 0.3 is 0 Å². The number of nitrogens with one attached hydrogen (secondary N) is 1. The van der Waals surface area contributed by atoms with Crippen LogP contribution in [0, 0.1) is 5.82 Å². The number of halogens is 1. The summed E-state index contributed by atoms with van der Waals surface area (Å²) in [5, 5.41) is 6.88. The minimum atomic E-state index is -3.41. The Morgan fingerprint density at radius 3 is 2.25 bits per heavy atom. The van der Waals surface area contributed by atoms with Gasteiger partial charge in [-0.2, -0.15) is 5.10 Å². The SMILES string of the molecule is O=C(CN1C(=O)c2ccccc2C1=O)Nc1c2c(nn1-c1ccc(F)cc1)CS(=O)(=O)C2. The number of carbonyl (C=O) groups is 3. The Bertz CT molecular complexity index is 1380. The van der Waals surface area contributed by atoms with E-state index in [0.717, 1.165) is 4.90 Å². The van der Waals surface area contributed by atoms with Gasteiger partial charge in [0.25, 0.3) is 11.8 Å². The number of anilines is 1. The van der Waals surface area contributed by atoms with Gasteiger partial charge < -0.3 is 5.32 Å². The lowest BCUT2D eigenvalue weighted by molar-refractivity contribution is -0.116. The number of carbonyl (C=O) groups excluding carboxylic acids is 3.